The molecule has 1 atom stereocenters. The minimum absolute atomic E-state index is 0.00847. The van der Waals surface area contributed by atoms with Crippen molar-refractivity contribution in [2.45, 2.75) is 19.5 Å². The molecule has 0 bridgehead atoms. The number of para-hydroxylation sites is 2. The molecule has 22 heavy (non-hydrogen) atoms. The van der Waals surface area contributed by atoms with E-state index in [2.05, 4.69) is 16.8 Å². The van der Waals surface area contributed by atoms with Gasteiger partial charge in [-0.1, -0.05) is 12.1 Å². The second-order valence-electron chi connectivity index (χ2n) is 5.33. The van der Waals surface area contributed by atoms with Crippen LogP contribution in [0.4, 0.5) is 0 Å². The van der Waals surface area contributed by atoms with Crippen molar-refractivity contribution in [1.82, 2.24) is 9.47 Å². The molecular weight excluding hydrogens is 280 g/mol. The first-order valence-electron chi connectivity index (χ1n) is 7.41. The highest BCUT2D eigenvalue weighted by atomic mass is 16.5. The van der Waals surface area contributed by atoms with Gasteiger partial charge in [-0.3, -0.25) is 4.79 Å². The van der Waals surface area contributed by atoms with E-state index in [4.69, 9.17) is 9.47 Å². The number of benzene rings is 1. The van der Waals surface area contributed by atoms with Crippen molar-refractivity contribution in [3.05, 3.63) is 48.3 Å². The van der Waals surface area contributed by atoms with Gasteiger partial charge < -0.3 is 18.9 Å². The lowest BCUT2D eigenvalue weighted by Crippen LogP contribution is -2.42. The van der Waals surface area contributed by atoms with Crippen molar-refractivity contribution >= 4 is 5.91 Å². The third kappa shape index (κ3) is 2.66. The van der Waals surface area contributed by atoms with Crippen LogP contribution in [0.1, 0.15) is 18.7 Å². The van der Waals surface area contributed by atoms with Crippen molar-refractivity contribution in [3.63, 3.8) is 0 Å². The zero-order valence-corrected chi connectivity index (χ0v) is 12.9. The van der Waals surface area contributed by atoms with Crippen molar-refractivity contribution in [2.75, 3.05) is 20.3 Å². The molecule has 2 aromatic rings. The molecule has 3 rings (SSSR count). The van der Waals surface area contributed by atoms with Gasteiger partial charge in [0.15, 0.2) is 18.1 Å². The van der Waals surface area contributed by atoms with Gasteiger partial charge in [0, 0.05) is 25.0 Å². The number of nitrogens with zero attached hydrogens (tertiary/aromatic N) is 2. The standard InChI is InChI=1S/C17H20N2O3/c1-13-14-6-5-9-18(14)10-11-19(13)17(20)12-22-16-8-4-3-7-15(16)21-2/h3-9,13H,10-12H2,1-2H3. The average molecular weight is 300 g/mol. The van der Waals surface area contributed by atoms with Crippen LogP contribution in [0.3, 0.4) is 0 Å². The molecule has 0 spiro atoms. The number of fused-ring (bicyclic) bond motifs is 1. The van der Waals surface area contributed by atoms with Crippen molar-refractivity contribution in [1.29, 1.82) is 0 Å². The fourth-order valence-corrected chi connectivity index (χ4v) is 2.88. The third-order valence-corrected chi connectivity index (χ3v) is 4.08. The maximum Gasteiger partial charge on any atom is 0.261 e. The van der Waals surface area contributed by atoms with E-state index in [1.807, 2.05) is 36.1 Å². The Morgan fingerprint density at radius 1 is 1.18 bits per heavy atom. The average Bonchev–Trinajstić information content (AvgIpc) is 3.02. The second kappa shape index (κ2) is 6.13. The number of amides is 1. The number of carbonyl (C=O) groups is 1. The fourth-order valence-electron chi connectivity index (χ4n) is 2.88. The molecule has 1 unspecified atom stereocenters. The van der Waals surface area contributed by atoms with Crippen LogP contribution in [-0.2, 0) is 11.3 Å². The first kappa shape index (κ1) is 14.5. The van der Waals surface area contributed by atoms with Crippen LogP contribution < -0.4 is 9.47 Å². The van der Waals surface area contributed by atoms with Gasteiger partial charge in [0.1, 0.15) is 0 Å². The molecule has 0 aliphatic carbocycles. The molecular formula is C17H20N2O3. The third-order valence-electron chi connectivity index (χ3n) is 4.08. The normalized spacial score (nSPS) is 17.0. The predicted octanol–water partition coefficient (Wildman–Crippen LogP) is 2.48. The monoisotopic (exact) mass is 300 g/mol. The Kier molecular flexibility index (Phi) is 4.04. The number of ether oxygens (including phenoxy) is 2. The van der Waals surface area contributed by atoms with Gasteiger partial charge in [-0.2, -0.15) is 0 Å². The van der Waals surface area contributed by atoms with E-state index in [1.165, 1.54) is 0 Å². The minimum atomic E-state index is -0.00847. The Morgan fingerprint density at radius 3 is 2.73 bits per heavy atom. The Balaban J connectivity index is 1.66. The molecule has 0 saturated carbocycles. The number of hydrogen-bond donors (Lipinski definition) is 0. The smallest absolute Gasteiger partial charge is 0.261 e. The summed E-state index contributed by atoms with van der Waals surface area (Å²) in [6, 6.07) is 11.5. The number of aromatic nitrogens is 1. The highest BCUT2D eigenvalue weighted by Crippen LogP contribution is 2.27. The number of hydrogen-bond acceptors (Lipinski definition) is 3. The van der Waals surface area contributed by atoms with Gasteiger partial charge >= 0.3 is 0 Å². The lowest BCUT2D eigenvalue weighted by molar-refractivity contribution is -0.136. The summed E-state index contributed by atoms with van der Waals surface area (Å²) in [4.78, 5) is 14.3. The summed E-state index contributed by atoms with van der Waals surface area (Å²) in [6.45, 7) is 3.60. The molecule has 1 aromatic carbocycles. The highest BCUT2D eigenvalue weighted by Gasteiger charge is 2.27. The van der Waals surface area contributed by atoms with E-state index in [0.717, 1.165) is 12.2 Å². The quantitative estimate of drug-likeness (QED) is 0.871. The molecule has 0 saturated heterocycles. The zero-order valence-electron chi connectivity index (χ0n) is 12.9. The predicted molar refractivity (Wildman–Crippen MR) is 83.0 cm³/mol. The summed E-state index contributed by atoms with van der Waals surface area (Å²) in [5.74, 6) is 1.22. The van der Waals surface area contributed by atoms with Gasteiger partial charge in [0.25, 0.3) is 5.91 Å². The maximum atomic E-state index is 12.5. The molecule has 5 heteroatoms. The largest absolute Gasteiger partial charge is 0.493 e. The topological polar surface area (TPSA) is 43.7 Å². The van der Waals surface area contributed by atoms with E-state index in [-0.39, 0.29) is 18.6 Å². The fraction of sp³-hybridized carbons (Fsp3) is 0.353. The van der Waals surface area contributed by atoms with Crippen molar-refractivity contribution in [3.8, 4) is 11.5 Å². The molecule has 1 aliphatic rings. The van der Waals surface area contributed by atoms with Crippen molar-refractivity contribution < 1.29 is 14.3 Å². The summed E-state index contributed by atoms with van der Waals surface area (Å²) in [5.41, 5.74) is 1.16. The van der Waals surface area contributed by atoms with E-state index in [0.29, 0.717) is 18.0 Å². The molecule has 1 aliphatic heterocycles. The Hall–Kier alpha value is -2.43. The summed E-state index contributed by atoms with van der Waals surface area (Å²) in [6.07, 6.45) is 2.05. The van der Waals surface area contributed by atoms with Gasteiger partial charge in [0.2, 0.25) is 0 Å². The lowest BCUT2D eigenvalue weighted by atomic mass is 10.1. The molecule has 0 N–H and O–H groups in total. The van der Waals surface area contributed by atoms with Gasteiger partial charge in [0.05, 0.1) is 13.2 Å². The number of rotatable bonds is 4. The highest BCUT2D eigenvalue weighted by molar-refractivity contribution is 5.78. The summed E-state index contributed by atoms with van der Waals surface area (Å²) in [5, 5.41) is 0. The van der Waals surface area contributed by atoms with E-state index in [1.54, 1.807) is 13.2 Å². The number of methoxy groups -OCH3 is 1. The second-order valence-corrected chi connectivity index (χ2v) is 5.33. The van der Waals surface area contributed by atoms with Crippen LogP contribution in [0.5, 0.6) is 11.5 Å². The Morgan fingerprint density at radius 2 is 1.95 bits per heavy atom. The lowest BCUT2D eigenvalue weighted by Gasteiger charge is -2.34. The first-order valence-corrected chi connectivity index (χ1v) is 7.41. The van der Waals surface area contributed by atoms with Crippen LogP contribution in [0.15, 0.2) is 42.6 Å². The molecule has 5 nitrogen and oxygen atoms in total. The zero-order chi connectivity index (χ0) is 15.5. The van der Waals surface area contributed by atoms with Crippen LogP contribution in [-0.4, -0.2) is 35.6 Å². The minimum Gasteiger partial charge on any atom is -0.493 e. The van der Waals surface area contributed by atoms with Crippen LogP contribution >= 0.6 is 0 Å². The van der Waals surface area contributed by atoms with Crippen LogP contribution in [0, 0.1) is 0 Å². The Labute approximate surface area is 130 Å². The summed E-state index contributed by atoms with van der Waals surface area (Å²) in [7, 11) is 1.59. The summed E-state index contributed by atoms with van der Waals surface area (Å²) >= 11 is 0. The van der Waals surface area contributed by atoms with E-state index < -0.39 is 0 Å². The molecule has 1 amide bonds. The van der Waals surface area contributed by atoms with Crippen LogP contribution in [0.25, 0.3) is 0 Å². The van der Waals surface area contributed by atoms with Crippen molar-refractivity contribution in [2.24, 2.45) is 0 Å². The van der Waals surface area contributed by atoms with E-state index in [9.17, 15) is 4.79 Å². The van der Waals surface area contributed by atoms with E-state index >= 15 is 0 Å². The SMILES string of the molecule is COc1ccccc1OCC(=O)N1CCn2cccc2C1C. The van der Waals surface area contributed by atoms with Gasteiger partial charge in [-0.05, 0) is 31.2 Å². The van der Waals surface area contributed by atoms with Crippen LogP contribution in [0.2, 0.25) is 0 Å². The summed E-state index contributed by atoms with van der Waals surface area (Å²) < 4.78 is 13.1. The van der Waals surface area contributed by atoms with Gasteiger partial charge in [-0.15, -0.1) is 0 Å². The molecule has 1 aromatic heterocycles. The maximum absolute atomic E-state index is 12.5. The molecule has 2 heterocycles. The number of carbonyl (C=O) groups excluding carboxylic acids is 1. The molecule has 0 radical (unpaired) electrons. The van der Waals surface area contributed by atoms with Gasteiger partial charge in [-0.25, -0.2) is 0 Å². The molecule has 116 valence electrons. The first-order chi connectivity index (χ1) is 10.7. The Bertz CT molecular complexity index is 665. The molecule has 0 fully saturated rings.